The van der Waals surface area contributed by atoms with Gasteiger partial charge in [-0.05, 0) is 37.1 Å². The standard InChI is InChI=1S/C16H14N4/c1-11-3-5-13(18-9-11)16-14(7-8-17)20-10-12(2)4-6-15(20)19-16/h3-6,9-10H,7H2,1-2H3. The molecule has 0 spiro atoms. The fourth-order valence-electron chi connectivity index (χ4n) is 2.26. The highest BCUT2D eigenvalue weighted by molar-refractivity contribution is 5.64. The maximum Gasteiger partial charge on any atom is 0.137 e. The summed E-state index contributed by atoms with van der Waals surface area (Å²) in [6.07, 6.45) is 4.14. The van der Waals surface area contributed by atoms with Gasteiger partial charge in [-0.3, -0.25) is 4.98 Å². The fraction of sp³-hybridized carbons (Fsp3) is 0.188. The van der Waals surface area contributed by atoms with Crippen molar-refractivity contribution < 1.29 is 0 Å². The molecule has 0 atom stereocenters. The summed E-state index contributed by atoms with van der Waals surface area (Å²) in [4.78, 5) is 9.05. The summed E-state index contributed by atoms with van der Waals surface area (Å²) in [5.41, 5.74) is 5.58. The predicted molar refractivity (Wildman–Crippen MR) is 77.2 cm³/mol. The number of nitriles is 1. The van der Waals surface area contributed by atoms with E-state index in [1.807, 2.05) is 54.9 Å². The second kappa shape index (κ2) is 4.78. The predicted octanol–water partition coefficient (Wildman–Crippen LogP) is 3.08. The molecule has 98 valence electrons. The van der Waals surface area contributed by atoms with Crippen molar-refractivity contribution in [3.05, 3.63) is 53.5 Å². The van der Waals surface area contributed by atoms with E-state index in [4.69, 9.17) is 5.26 Å². The molecule has 3 rings (SSSR count). The van der Waals surface area contributed by atoms with Gasteiger partial charge in [0.1, 0.15) is 11.3 Å². The molecule has 0 aromatic carbocycles. The zero-order chi connectivity index (χ0) is 14.1. The highest BCUT2D eigenvalue weighted by Gasteiger charge is 2.14. The average Bonchev–Trinajstić information content (AvgIpc) is 2.79. The SMILES string of the molecule is Cc1ccc(-c2nc3ccc(C)cn3c2CC#N)nc1. The number of rotatable bonds is 2. The van der Waals surface area contributed by atoms with Gasteiger partial charge in [0, 0.05) is 12.4 Å². The van der Waals surface area contributed by atoms with Crippen molar-refractivity contribution in [2.75, 3.05) is 0 Å². The van der Waals surface area contributed by atoms with E-state index in [1.54, 1.807) is 0 Å². The number of fused-ring (bicyclic) bond motifs is 1. The van der Waals surface area contributed by atoms with Crippen molar-refractivity contribution in [2.45, 2.75) is 20.3 Å². The van der Waals surface area contributed by atoms with E-state index < -0.39 is 0 Å². The number of pyridine rings is 2. The maximum absolute atomic E-state index is 9.07. The van der Waals surface area contributed by atoms with Gasteiger partial charge in [0.05, 0.1) is 23.9 Å². The third kappa shape index (κ3) is 2.04. The van der Waals surface area contributed by atoms with Gasteiger partial charge < -0.3 is 4.40 Å². The van der Waals surface area contributed by atoms with Crippen molar-refractivity contribution in [3.63, 3.8) is 0 Å². The summed E-state index contributed by atoms with van der Waals surface area (Å²) in [5, 5.41) is 9.07. The first kappa shape index (κ1) is 12.4. The minimum atomic E-state index is 0.315. The van der Waals surface area contributed by atoms with Crippen LogP contribution in [0.25, 0.3) is 17.0 Å². The van der Waals surface area contributed by atoms with E-state index in [9.17, 15) is 0 Å². The van der Waals surface area contributed by atoms with E-state index in [0.29, 0.717) is 6.42 Å². The minimum absolute atomic E-state index is 0.315. The number of nitrogens with zero attached hydrogens (tertiary/aromatic N) is 4. The van der Waals surface area contributed by atoms with E-state index >= 15 is 0 Å². The zero-order valence-electron chi connectivity index (χ0n) is 11.5. The molecule has 3 aromatic heterocycles. The lowest BCUT2D eigenvalue weighted by Crippen LogP contribution is -1.95. The third-order valence-corrected chi connectivity index (χ3v) is 3.27. The van der Waals surface area contributed by atoms with Gasteiger partial charge in [0.15, 0.2) is 0 Å². The van der Waals surface area contributed by atoms with Gasteiger partial charge in [0.25, 0.3) is 0 Å². The van der Waals surface area contributed by atoms with Crippen molar-refractivity contribution in [1.29, 1.82) is 5.26 Å². The largest absolute Gasteiger partial charge is 0.302 e. The van der Waals surface area contributed by atoms with Gasteiger partial charge in [-0.1, -0.05) is 12.1 Å². The molecular formula is C16H14N4. The molecule has 0 radical (unpaired) electrons. The van der Waals surface area contributed by atoms with Crippen LogP contribution in [0.4, 0.5) is 0 Å². The van der Waals surface area contributed by atoms with Crippen LogP contribution in [0.3, 0.4) is 0 Å². The minimum Gasteiger partial charge on any atom is -0.302 e. The van der Waals surface area contributed by atoms with E-state index in [2.05, 4.69) is 16.0 Å². The monoisotopic (exact) mass is 262 g/mol. The van der Waals surface area contributed by atoms with Crippen molar-refractivity contribution in [3.8, 4) is 17.5 Å². The second-order valence-corrected chi connectivity index (χ2v) is 4.90. The maximum atomic E-state index is 9.07. The highest BCUT2D eigenvalue weighted by atomic mass is 15.0. The van der Waals surface area contributed by atoms with Crippen LogP contribution in [0, 0.1) is 25.2 Å². The van der Waals surface area contributed by atoms with Crippen molar-refractivity contribution >= 4 is 5.65 Å². The van der Waals surface area contributed by atoms with Crippen LogP contribution < -0.4 is 0 Å². The Hall–Kier alpha value is -2.67. The molecule has 0 aliphatic heterocycles. The number of hydrogen-bond acceptors (Lipinski definition) is 3. The first-order chi connectivity index (χ1) is 9.69. The summed E-state index contributed by atoms with van der Waals surface area (Å²) in [6, 6.07) is 10.2. The van der Waals surface area contributed by atoms with E-state index in [0.717, 1.165) is 33.9 Å². The molecule has 0 aliphatic carbocycles. The quantitative estimate of drug-likeness (QED) is 0.713. The lowest BCUT2D eigenvalue weighted by atomic mass is 10.2. The molecule has 4 nitrogen and oxygen atoms in total. The second-order valence-electron chi connectivity index (χ2n) is 4.90. The summed E-state index contributed by atoms with van der Waals surface area (Å²) in [6.45, 7) is 4.03. The summed E-state index contributed by atoms with van der Waals surface area (Å²) < 4.78 is 1.98. The Balaban J connectivity index is 2.26. The van der Waals surface area contributed by atoms with E-state index in [-0.39, 0.29) is 0 Å². The number of hydrogen-bond donors (Lipinski definition) is 0. The Labute approximate surface area is 117 Å². The van der Waals surface area contributed by atoms with Crippen LogP contribution in [0.15, 0.2) is 36.7 Å². The summed E-state index contributed by atoms with van der Waals surface area (Å²) >= 11 is 0. The van der Waals surface area contributed by atoms with E-state index in [1.165, 1.54) is 0 Å². The molecule has 0 N–H and O–H groups in total. The molecule has 3 aromatic rings. The molecule has 0 bridgehead atoms. The molecule has 0 aliphatic rings. The number of aromatic nitrogens is 3. The van der Waals surface area contributed by atoms with Gasteiger partial charge in [-0.2, -0.15) is 5.26 Å². The summed E-state index contributed by atoms with van der Waals surface area (Å²) in [5.74, 6) is 0. The smallest absolute Gasteiger partial charge is 0.137 e. The zero-order valence-corrected chi connectivity index (χ0v) is 11.5. The lowest BCUT2D eigenvalue weighted by molar-refractivity contribution is 1.04. The topological polar surface area (TPSA) is 54.0 Å². The molecule has 0 saturated carbocycles. The summed E-state index contributed by atoms with van der Waals surface area (Å²) in [7, 11) is 0. The molecule has 0 unspecified atom stereocenters. The first-order valence-corrected chi connectivity index (χ1v) is 6.46. The van der Waals surface area contributed by atoms with Crippen LogP contribution in [0.2, 0.25) is 0 Å². The Morgan fingerprint density at radius 1 is 1.15 bits per heavy atom. The van der Waals surface area contributed by atoms with Gasteiger partial charge in [-0.25, -0.2) is 4.98 Å². The normalized spacial score (nSPS) is 10.7. The number of aryl methyl sites for hydroxylation is 2. The molecular weight excluding hydrogens is 248 g/mol. The van der Waals surface area contributed by atoms with Crippen molar-refractivity contribution in [1.82, 2.24) is 14.4 Å². The Morgan fingerprint density at radius 2 is 1.95 bits per heavy atom. The average molecular weight is 262 g/mol. The third-order valence-electron chi connectivity index (χ3n) is 3.27. The first-order valence-electron chi connectivity index (χ1n) is 6.46. The molecule has 3 heterocycles. The molecule has 0 fully saturated rings. The lowest BCUT2D eigenvalue weighted by Gasteiger charge is -2.02. The van der Waals surface area contributed by atoms with Crippen LogP contribution in [-0.4, -0.2) is 14.4 Å². The molecule has 0 amide bonds. The van der Waals surface area contributed by atoms with Gasteiger partial charge in [0.2, 0.25) is 0 Å². The fourth-order valence-corrected chi connectivity index (χ4v) is 2.26. The Kier molecular flexibility index (Phi) is 2.96. The number of imidazole rings is 1. The van der Waals surface area contributed by atoms with Crippen LogP contribution in [0.1, 0.15) is 16.8 Å². The van der Waals surface area contributed by atoms with Gasteiger partial charge >= 0.3 is 0 Å². The van der Waals surface area contributed by atoms with Crippen LogP contribution >= 0.6 is 0 Å². The molecule has 4 heteroatoms. The van der Waals surface area contributed by atoms with Crippen molar-refractivity contribution in [2.24, 2.45) is 0 Å². The van der Waals surface area contributed by atoms with Gasteiger partial charge in [-0.15, -0.1) is 0 Å². The molecule has 0 saturated heterocycles. The van der Waals surface area contributed by atoms with Crippen LogP contribution in [0.5, 0.6) is 0 Å². The Bertz CT molecular complexity index is 807. The van der Waals surface area contributed by atoms with Crippen LogP contribution in [-0.2, 0) is 6.42 Å². The highest BCUT2D eigenvalue weighted by Crippen LogP contribution is 2.23. The Morgan fingerprint density at radius 3 is 2.65 bits per heavy atom. The molecule has 20 heavy (non-hydrogen) atoms.